The van der Waals surface area contributed by atoms with Crippen molar-refractivity contribution in [2.24, 2.45) is 5.10 Å². The number of nitrogens with zero attached hydrogens (tertiary/aromatic N) is 1. The SMILES string of the molecule is CC(C)NC(=O)C(=O)N/N=C\c1cc(Cl)ccc1OCc1c(Cl)cccc1Cl. The van der Waals surface area contributed by atoms with E-state index in [1.165, 1.54) is 6.21 Å². The average Bonchev–Trinajstić information content (AvgIpc) is 2.62. The van der Waals surface area contributed by atoms with Gasteiger partial charge in [0.1, 0.15) is 12.4 Å². The first-order valence-corrected chi connectivity index (χ1v) is 9.40. The molecule has 0 aliphatic heterocycles. The second kappa shape index (κ2) is 10.3. The Bertz CT molecular complexity index is 881. The van der Waals surface area contributed by atoms with E-state index in [1.807, 2.05) is 0 Å². The van der Waals surface area contributed by atoms with Gasteiger partial charge in [0.25, 0.3) is 0 Å². The number of rotatable bonds is 6. The van der Waals surface area contributed by atoms with E-state index in [4.69, 9.17) is 39.5 Å². The Morgan fingerprint density at radius 1 is 1.11 bits per heavy atom. The van der Waals surface area contributed by atoms with Crippen LogP contribution in [0.4, 0.5) is 0 Å². The average molecular weight is 443 g/mol. The van der Waals surface area contributed by atoms with Crippen molar-refractivity contribution in [2.45, 2.75) is 26.5 Å². The molecule has 0 aliphatic rings. The number of hydrogen-bond donors (Lipinski definition) is 2. The van der Waals surface area contributed by atoms with Crippen molar-refractivity contribution in [1.29, 1.82) is 0 Å². The Hall–Kier alpha value is -2.28. The van der Waals surface area contributed by atoms with Crippen LogP contribution in [0.25, 0.3) is 0 Å². The van der Waals surface area contributed by atoms with Crippen LogP contribution in [0.1, 0.15) is 25.0 Å². The molecule has 0 spiro atoms. The van der Waals surface area contributed by atoms with Crippen molar-refractivity contribution in [1.82, 2.24) is 10.7 Å². The van der Waals surface area contributed by atoms with Crippen LogP contribution in [-0.4, -0.2) is 24.1 Å². The first-order valence-electron chi connectivity index (χ1n) is 8.27. The summed E-state index contributed by atoms with van der Waals surface area (Å²) in [6.07, 6.45) is 1.33. The second-order valence-corrected chi connectivity index (χ2v) is 7.25. The van der Waals surface area contributed by atoms with Gasteiger partial charge in [-0.15, -0.1) is 0 Å². The summed E-state index contributed by atoms with van der Waals surface area (Å²) >= 11 is 18.3. The highest BCUT2D eigenvalue weighted by Crippen LogP contribution is 2.27. The van der Waals surface area contributed by atoms with E-state index in [-0.39, 0.29) is 12.6 Å². The highest BCUT2D eigenvalue weighted by atomic mass is 35.5. The predicted molar refractivity (Wildman–Crippen MR) is 111 cm³/mol. The summed E-state index contributed by atoms with van der Waals surface area (Å²) in [7, 11) is 0. The fourth-order valence-corrected chi connectivity index (χ4v) is 2.80. The lowest BCUT2D eigenvalue weighted by atomic mass is 10.2. The minimum absolute atomic E-state index is 0.129. The first-order chi connectivity index (χ1) is 13.3. The number of hydrazone groups is 1. The van der Waals surface area contributed by atoms with E-state index in [2.05, 4.69) is 15.8 Å². The van der Waals surface area contributed by atoms with Gasteiger partial charge in [-0.25, -0.2) is 5.43 Å². The molecule has 6 nitrogen and oxygen atoms in total. The maximum Gasteiger partial charge on any atom is 0.329 e. The Balaban J connectivity index is 2.09. The monoisotopic (exact) mass is 441 g/mol. The van der Waals surface area contributed by atoms with Crippen molar-refractivity contribution >= 4 is 52.8 Å². The normalized spacial score (nSPS) is 10.9. The van der Waals surface area contributed by atoms with Gasteiger partial charge < -0.3 is 10.1 Å². The Morgan fingerprint density at radius 2 is 1.79 bits per heavy atom. The number of benzene rings is 2. The molecule has 0 aromatic heterocycles. The van der Waals surface area contributed by atoms with Crippen LogP contribution in [0.2, 0.25) is 15.1 Å². The minimum Gasteiger partial charge on any atom is -0.488 e. The third-order valence-electron chi connectivity index (χ3n) is 3.40. The van der Waals surface area contributed by atoms with Crippen LogP contribution in [-0.2, 0) is 16.2 Å². The van der Waals surface area contributed by atoms with Crippen molar-refractivity contribution in [3.05, 3.63) is 62.6 Å². The third-order valence-corrected chi connectivity index (χ3v) is 4.34. The maximum atomic E-state index is 11.7. The van der Waals surface area contributed by atoms with Gasteiger partial charge in [-0.05, 0) is 44.2 Å². The van der Waals surface area contributed by atoms with Crippen molar-refractivity contribution < 1.29 is 14.3 Å². The van der Waals surface area contributed by atoms with Gasteiger partial charge >= 0.3 is 11.8 Å². The number of carbonyl (C=O) groups is 2. The molecule has 9 heteroatoms. The molecule has 0 atom stereocenters. The molecule has 0 radical (unpaired) electrons. The van der Waals surface area contributed by atoms with Crippen molar-refractivity contribution in [3.8, 4) is 5.75 Å². The quantitative estimate of drug-likeness (QED) is 0.400. The number of hydrogen-bond acceptors (Lipinski definition) is 4. The topological polar surface area (TPSA) is 79.8 Å². The summed E-state index contributed by atoms with van der Waals surface area (Å²) in [6.45, 7) is 3.62. The molecule has 0 fully saturated rings. The van der Waals surface area contributed by atoms with Crippen LogP contribution < -0.4 is 15.5 Å². The van der Waals surface area contributed by atoms with E-state index >= 15 is 0 Å². The lowest BCUT2D eigenvalue weighted by Gasteiger charge is -2.12. The van der Waals surface area contributed by atoms with Gasteiger partial charge in [-0.3, -0.25) is 9.59 Å². The molecule has 28 heavy (non-hydrogen) atoms. The molecule has 2 N–H and O–H groups in total. The van der Waals surface area contributed by atoms with Gasteiger partial charge in [0.2, 0.25) is 0 Å². The molecule has 0 saturated heterocycles. The van der Waals surface area contributed by atoms with E-state index in [9.17, 15) is 9.59 Å². The molecule has 0 heterocycles. The number of carbonyl (C=O) groups excluding carboxylic acids is 2. The number of nitrogens with one attached hydrogen (secondary N) is 2. The Morgan fingerprint density at radius 3 is 2.43 bits per heavy atom. The number of halogens is 3. The molecule has 0 saturated carbocycles. The zero-order valence-electron chi connectivity index (χ0n) is 15.1. The van der Waals surface area contributed by atoms with E-state index in [0.717, 1.165) is 0 Å². The van der Waals surface area contributed by atoms with Crippen LogP contribution in [0.3, 0.4) is 0 Å². The standard InChI is InChI=1S/C19H18Cl3N3O3/c1-11(2)24-18(26)19(27)25-23-9-12-8-13(20)6-7-17(12)28-10-14-15(21)4-3-5-16(14)22/h3-9,11H,10H2,1-2H3,(H,24,26)(H,25,27)/b23-9-. The first kappa shape index (κ1) is 22.0. The largest absolute Gasteiger partial charge is 0.488 e. The summed E-state index contributed by atoms with van der Waals surface area (Å²) in [5.74, 6) is -1.20. The van der Waals surface area contributed by atoms with Gasteiger partial charge in [0.05, 0.1) is 6.21 Å². The molecule has 0 aliphatic carbocycles. The van der Waals surface area contributed by atoms with E-state index in [1.54, 1.807) is 50.2 Å². The Kier molecular flexibility index (Phi) is 8.11. The summed E-state index contributed by atoms with van der Waals surface area (Å²) in [4.78, 5) is 23.3. The molecule has 2 aromatic rings. The van der Waals surface area contributed by atoms with Gasteiger partial charge in [-0.2, -0.15) is 5.10 Å². The lowest BCUT2D eigenvalue weighted by molar-refractivity contribution is -0.139. The van der Waals surface area contributed by atoms with Crippen LogP contribution in [0, 0.1) is 0 Å². The molecule has 0 unspecified atom stereocenters. The highest BCUT2D eigenvalue weighted by Gasteiger charge is 2.13. The molecule has 0 bridgehead atoms. The summed E-state index contributed by atoms with van der Waals surface area (Å²) in [5, 5.41) is 7.68. The predicted octanol–water partition coefficient (Wildman–Crippen LogP) is 4.20. The van der Waals surface area contributed by atoms with E-state index in [0.29, 0.717) is 31.9 Å². The Labute approximate surface area is 177 Å². The van der Waals surface area contributed by atoms with Crippen LogP contribution >= 0.6 is 34.8 Å². The smallest absolute Gasteiger partial charge is 0.329 e. The third kappa shape index (κ3) is 6.41. The fourth-order valence-electron chi connectivity index (χ4n) is 2.11. The van der Waals surface area contributed by atoms with Crippen molar-refractivity contribution in [3.63, 3.8) is 0 Å². The molecule has 2 amide bonds. The highest BCUT2D eigenvalue weighted by molar-refractivity contribution is 6.36. The maximum absolute atomic E-state index is 11.7. The summed E-state index contributed by atoms with van der Waals surface area (Å²) in [6, 6.07) is 9.93. The van der Waals surface area contributed by atoms with E-state index < -0.39 is 11.8 Å². The lowest BCUT2D eigenvalue weighted by Crippen LogP contribution is -2.41. The second-order valence-electron chi connectivity index (χ2n) is 6.00. The number of amides is 2. The van der Waals surface area contributed by atoms with Gasteiger partial charge in [0.15, 0.2) is 0 Å². The molecule has 2 aromatic carbocycles. The fraction of sp³-hybridized carbons (Fsp3) is 0.211. The molecule has 148 valence electrons. The molecular formula is C19H18Cl3N3O3. The van der Waals surface area contributed by atoms with Crippen LogP contribution in [0.15, 0.2) is 41.5 Å². The summed E-state index contributed by atoms with van der Waals surface area (Å²) in [5.41, 5.74) is 3.29. The molecular weight excluding hydrogens is 425 g/mol. The molecule has 2 rings (SSSR count). The number of ether oxygens (including phenoxy) is 1. The summed E-state index contributed by atoms with van der Waals surface area (Å²) < 4.78 is 5.79. The zero-order valence-corrected chi connectivity index (χ0v) is 17.4. The van der Waals surface area contributed by atoms with Crippen molar-refractivity contribution in [2.75, 3.05) is 0 Å². The van der Waals surface area contributed by atoms with Gasteiger partial charge in [-0.1, -0.05) is 40.9 Å². The minimum atomic E-state index is -0.878. The van der Waals surface area contributed by atoms with Gasteiger partial charge in [0, 0.05) is 32.2 Å². The van der Waals surface area contributed by atoms with Crippen LogP contribution in [0.5, 0.6) is 5.75 Å². The zero-order chi connectivity index (χ0) is 20.7.